The molecule has 62 valence electrons. The number of methoxy groups -OCH3 is 1. The predicted octanol–water partition coefficient (Wildman–Crippen LogP) is 0.851. The van der Waals surface area contributed by atoms with Crippen LogP contribution in [0.4, 0.5) is 0 Å². The van der Waals surface area contributed by atoms with Crippen LogP contribution in [-0.2, 0) is 4.74 Å². The predicted molar refractivity (Wildman–Crippen MR) is 38.3 cm³/mol. The molecule has 3 nitrogen and oxygen atoms in total. The van der Waals surface area contributed by atoms with Crippen molar-refractivity contribution in [2.75, 3.05) is 7.11 Å². The molecule has 0 aromatic heterocycles. The Balaban J connectivity index is 3.28. The summed E-state index contributed by atoms with van der Waals surface area (Å²) in [5.74, 6) is -1.91. The molecule has 0 atom stereocenters. The molecule has 0 amide bonds. The zero-order chi connectivity index (χ0) is 8.04. The van der Waals surface area contributed by atoms with Crippen LogP contribution >= 0.6 is 0 Å². The van der Waals surface area contributed by atoms with E-state index < -0.39 is 5.97 Å². The summed E-state index contributed by atoms with van der Waals surface area (Å²) in [6, 6.07) is 0. The van der Waals surface area contributed by atoms with Gasteiger partial charge < -0.3 is 14.9 Å². The van der Waals surface area contributed by atoms with Crippen LogP contribution in [0.15, 0.2) is 0 Å². The van der Waals surface area contributed by atoms with Gasteiger partial charge in [-0.3, -0.25) is 0 Å². The number of unbranched alkanes of at least 4 members (excludes halogenated alkanes) is 2. The van der Waals surface area contributed by atoms with Crippen molar-refractivity contribution in [2.45, 2.75) is 38.6 Å². The molecule has 2 N–H and O–H groups in total. The molecule has 0 aliphatic carbocycles. The zero-order valence-corrected chi connectivity index (χ0v) is 6.63. The minimum atomic E-state index is -1.91. The van der Waals surface area contributed by atoms with Crippen LogP contribution in [-0.4, -0.2) is 23.3 Å². The van der Waals surface area contributed by atoms with Gasteiger partial charge in [0.1, 0.15) is 0 Å². The molecule has 0 spiro atoms. The van der Waals surface area contributed by atoms with Gasteiger partial charge >= 0.3 is 0 Å². The molecule has 3 heteroatoms. The molecule has 0 bridgehead atoms. The standard InChI is InChI=1S/C7H16O3/c1-3-4-5-6-7(8,9)10-2/h8-9H,3-6H2,1-2H3. The van der Waals surface area contributed by atoms with Crippen molar-refractivity contribution >= 4 is 0 Å². The van der Waals surface area contributed by atoms with Crippen molar-refractivity contribution in [1.82, 2.24) is 0 Å². The van der Waals surface area contributed by atoms with Gasteiger partial charge in [-0.1, -0.05) is 19.8 Å². The fourth-order valence-corrected chi connectivity index (χ4v) is 0.707. The summed E-state index contributed by atoms with van der Waals surface area (Å²) in [6.07, 6.45) is 3.15. The van der Waals surface area contributed by atoms with Crippen molar-refractivity contribution < 1.29 is 14.9 Å². The highest BCUT2D eigenvalue weighted by Gasteiger charge is 2.20. The maximum absolute atomic E-state index is 8.88. The first kappa shape index (κ1) is 9.88. The lowest BCUT2D eigenvalue weighted by molar-refractivity contribution is -0.329. The van der Waals surface area contributed by atoms with Crippen molar-refractivity contribution in [3.8, 4) is 0 Å². The first-order valence-electron chi connectivity index (χ1n) is 3.62. The Kier molecular flexibility index (Phi) is 4.60. The smallest absolute Gasteiger partial charge is 0.277 e. The molecule has 0 heterocycles. The van der Waals surface area contributed by atoms with Crippen LogP contribution < -0.4 is 0 Å². The van der Waals surface area contributed by atoms with Gasteiger partial charge in [0.15, 0.2) is 0 Å². The second-order valence-electron chi connectivity index (χ2n) is 2.40. The molecule has 0 aromatic carbocycles. The highest BCUT2D eigenvalue weighted by molar-refractivity contribution is 4.49. The van der Waals surface area contributed by atoms with Gasteiger partial charge in [0.2, 0.25) is 0 Å². The van der Waals surface area contributed by atoms with E-state index in [1.54, 1.807) is 0 Å². The normalized spacial score (nSPS) is 12.0. The van der Waals surface area contributed by atoms with Crippen LogP contribution in [0.5, 0.6) is 0 Å². The quantitative estimate of drug-likeness (QED) is 0.449. The Morgan fingerprint density at radius 2 is 1.90 bits per heavy atom. The van der Waals surface area contributed by atoms with E-state index in [9.17, 15) is 0 Å². The van der Waals surface area contributed by atoms with Gasteiger partial charge in [0.05, 0.1) is 0 Å². The Bertz CT molecular complexity index is 80.9. The monoisotopic (exact) mass is 148 g/mol. The molecule has 0 radical (unpaired) electrons. The average molecular weight is 148 g/mol. The van der Waals surface area contributed by atoms with E-state index in [4.69, 9.17) is 10.2 Å². The van der Waals surface area contributed by atoms with Crippen LogP contribution in [0.2, 0.25) is 0 Å². The lowest BCUT2D eigenvalue weighted by Gasteiger charge is -2.18. The van der Waals surface area contributed by atoms with Gasteiger partial charge in [0, 0.05) is 13.5 Å². The molecule has 0 saturated heterocycles. The lowest BCUT2D eigenvalue weighted by Crippen LogP contribution is -2.29. The number of aliphatic hydroxyl groups is 2. The molecule has 0 rings (SSSR count). The van der Waals surface area contributed by atoms with Crippen molar-refractivity contribution in [3.05, 3.63) is 0 Å². The Morgan fingerprint density at radius 3 is 2.30 bits per heavy atom. The molecule has 0 aliphatic heterocycles. The third kappa shape index (κ3) is 4.73. The summed E-state index contributed by atoms with van der Waals surface area (Å²) in [4.78, 5) is 0. The molecule has 10 heavy (non-hydrogen) atoms. The Hall–Kier alpha value is -0.120. The molecule has 0 aromatic rings. The van der Waals surface area contributed by atoms with Gasteiger partial charge in [-0.25, -0.2) is 0 Å². The largest absolute Gasteiger partial charge is 0.343 e. The molecule has 0 aliphatic rings. The third-order valence-corrected chi connectivity index (χ3v) is 1.43. The van der Waals surface area contributed by atoms with E-state index in [1.807, 2.05) is 0 Å². The SMILES string of the molecule is CCCCCC(O)(O)OC. The van der Waals surface area contributed by atoms with Crippen LogP contribution in [0.3, 0.4) is 0 Å². The maximum atomic E-state index is 8.88. The molecule has 0 unspecified atom stereocenters. The van der Waals surface area contributed by atoms with E-state index in [1.165, 1.54) is 7.11 Å². The van der Waals surface area contributed by atoms with Gasteiger partial charge in [-0.2, -0.15) is 0 Å². The molecular formula is C7H16O3. The van der Waals surface area contributed by atoms with Crippen molar-refractivity contribution in [3.63, 3.8) is 0 Å². The van der Waals surface area contributed by atoms with E-state index in [-0.39, 0.29) is 6.42 Å². The summed E-state index contributed by atoms with van der Waals surface area (Å²) < 4.78 is 4.40. The summed E-state index contributed by atoms with van der Waals surface area (Å²) in [6.45, 7) is 2.06. The van der Waals surface area contributed by atoms with Gasteiger partial charge in [-0.05, 0) is 6.42 Å². The Morgan fingerprint density at radius 1 is 1.30 bits per heavy atom. The van der Waals surface area contributed by atoms with Crippen LogP contribution in [0, 0.1) is 0 Å². The average Bonchev–Trinajstić information content (AvgIpc) is 1.89. The summed E-state index contributed by atoms with van der Waals surface area (Å²) in [7, 11) is 1.28. The van der Waals surface area contributed by atoms with Crippen molar-refractivity contribution in [1.29, 1.82) is 0 Å². The van der Waals surface area contributed by atoms with Gasteiger partial charge in [0.25, 0.3) is 5.97 Å². The van der Waals surface area contributed by atoms with Crippen LogP contribution in [0.25, 0.3) is 0 Å². The minimum Gasteiger partial charge on any atom is -0.343 e. The van der Waals surface area contributed by atoms with E-state index >= 15 is 0 Å². The van der Waals surface area contributed by atoms with Crippen LogP contribution in [0.1, 0.15) is 32.6 Å². The topological polar surface area (TPSA) is 49.7 Å². The highest BCUT2D eigenvalue weighted by atomic mass is 16.8. The summed E-state index contributed by atoms with van der Waals surface area (Å²) >= 11 is 0. The maximum Gasteiger partial charge on any atom is 0.277 e. The zero-order valence-electron chi connectivity index (χ0n) is 6.63. The number of ether oxygens (including phenoxy) is 1. The lowest BCUT2D eigenvalue weighted by atomic mass is 10.2. The van der Waals surface area contributed by atoms with E-state index in [0.717, 1.165) is 19.3 Å². The fourth-order valence-electron chi connectivity index (χ4n) is 0.707. The second kappa shape index (κ2) is 4.66. The molecule has 0 fully saturated rings. The van der Waals surface area contributed by atoms with Gasteiger partial charge in [-0.15, -0.1) is 0 Å². The number of hydrogen-bond donors (Lipinski definition) is 2. The Labute approximate surface area is 61.6 Å². The number of rotatable bonds is 5. The molecular weight excluding hydrogens is 132 g/mol. The highest BCUT2D eigenvalue weighted by Crippen LogP contribution is 2.11. The van der Waals surface area contributed by atoms with Crippen molar-refractivity contribution in [2.24, 2.45) is 0 Å². The first-order valence-corrected chi connectivity index (χ1v) is 3.62. The second-order valence-corrected chi connectivity index (χ2v) is 2.40. The fraction of sp³-hybridized carbons (Fsp3) is 1.00. The first-order chi connectivity index (χ1) is 4.62. The van der Waals surface area contributed by atoms with E-state index in [0.29, 0.717) is 0 Å². The summed E-state index contributed by atoms with van der Waals surface area (Å²) in [5.41, 5.74) is 0. The van der Waals surface area contributed by atoms with E-state index in [2.05, 4.69) is 11.7 Å². The molecule has 0 saturated carbocycles. The minimum absolute atomic E-state index is 0.289. The number of hydrogen-bond acceptors (Lipinski definition) is 3. The summed E-state index contributed by atoms with van der Waals surface area (Å²) in [5, 5.41) is 17.8. The third-order valence-electron chi connectivity index (χ3n) is 1.43.